The van der Waals surface area contributed by atoms with Crippen LogP contribution in [0, 0.1) is 0 Å². The number of hydrogen-bond donors (Lipinski definition) is 2. The van der Waals surface area contributed by atoms with Gasteiger partial charge >= 0.3 is 0 Å². The molecule has 0 aliphatic carbocycles. The van der Waals surface area contributed by atoms with Crippen LogP contribution in [0.1, 0.15) is 20.8 Å². The van der Waals surface area contributed by atoms with E-state index in [-0.39, 0.29) is 12.5 Å². The van der Waals surface area contributed by atoms with Crippen molar-refractivity contribution in [1.29, 1.82) is 0 Å². The minimum atomic E-state index is -0.821. The van der Waals surface area contributed by atoms with Crippen LogP contribution in [0.15, 0.2) is 24.3 Å². The van der Waals surface area contributed by atoms with Crippen LogP contribution in [0.25, 0.3) is 0 Å². The summed E-state index contributed by atoms with van der Waals surface area (Å²) in [5.74, 6) is 0.525. The number of para-hydroxylation sites is 2. The first-order valence-electron chi connectivity index (χ1n) is 6.74. The summed E-state index contributed by atoms with van der Waals surface area (Å²) >= 11 is 0. The third kappa shape index (κ3) is 6.04. The Bertz CT molecular complexity index is 441. The molecule has 0 saturated carbocycles. The monoisotopic (exact) mass is 280 g/mol. The molecular formula is C15H24N2O3. The molecule has 0 aliphatic heterocycles. The lowest BCUT2D eigenvalue weighted by molar-refractivity contribution is -0.117. The van der Waals surface area contributed by atoms with Crippen molar-refractivity contribution >= 4 is 11.6 Å². The van der Waals surface area contributed by atoms with E-state index in [1.54, 1.807) is 31.9 Å². The average molecular weight is 280 g/mol. The Kier molecular flexibility index (Phi) is 5.98. The largest absolute Gasteiger partial charge is 0.492 e. The molecule has 0 fully saturated rings. The Balaban J connectivity index is 2.58. The fraction of sp³-hybridized carbons (Fsp3) is 0.533. The van der Waals surface area contributed by atoms with E-state index >= 15 is 0 Å². The topological polar surface area (TPSA) is 61.8 Å². The van der Waals surface area contributed by atoms with Crippen molar-refractivity contribution in [2.75, 3.05) is 32.1 Å². The van der Waals surface area contributed by atoms with Gasteiger partial charge < -0.3 is 15.2 Å². The molecule has 0 unspecified atom stereocenters. The van der Waals surface area contributed by atoms with Crippen molar-refractivity contribution in [3.8, 4) is 5.75 Å². The lowest BCUT2D eigenvalue weighted by Gasteiger charge is -2.25. The summed E-state index contributed by atoms with van der Waals surface area (Å²) in [7, 11) is 1.80. The summed E-state index contributed by atoms with van der Waals surface area (Å²) in [6.45, 7) is 6.51. The van der Waals surface area contributed by atoms with Crippen molar-refractivity contribution < 1.29 is 14.6 Å². The number of hydrogen-bond acceptors (Lipinski definition) is 4. The molecule has 1 aromatic carbocycles. The highest BCUT2D eigenvalue weighted by Gasteiger charge is 2.17. The second kappa shape index (κ2) is 7.26. The van der Waals surface area contributed by atoms with E-state index < -0.39 is 5.60 Å². The van der Waals surface area contributed by atoms with E-state index in [0.29, 0.717) is 24.6 Å². The van der Waals surface area contributed by atoms with Gasteiger partial charge in [-0.25, -0.2) is 0 Å². The highest BCUT2D eigenvalue weighted by molar-refractivity contribution is 5.93. The predicted molar refractivity (Wildman–Crippen MR) is 80.0 cm³/mol. The number of aliphatic hydroxyl groups is 1. The molecule has 0 bridgehead atoms. The van der Waals surface area contributed by atoms with Gasteiger partial charge in [0.1, 0.15) is 5.75 Å². The molecule has 1 rings (SSSR count). The molecule has 0 aromatic heterocycles. The van der Waals surface area contributed by atoms with Crippen molar-refractivity contribution in [3.63, 3.8) is 0 Å². The molecule has 2 N–H and O–H groups in total. The molecule has 112 valence electrons. The van der Waals surface area contributed by atoms with Gasteiger partial charge in [0.2, 0.25) is 5.91 Å². The Labute approximate surface area is 120 Å². The fourth-order valence-corrected chi connectivity index (χ4v) is 2.00. The summed E-state index contributed by atoms with van der Waals surface area (Å²) in [5.41, 5.74) is -0.158. The van der Waals surface area contributed by atoms with Crippen LogP contribution in [-0.4, -0.2) is 48.3 Å². The average Bonchev–Trinajstić information content (AvgIpc) is 2.29. The molecular weight excluding hydrogens is 256 g/mol. The van der Waals surface area contributed by atoms with E-state index in [4.69, 9.17) is 4.74 Å². The lowest BCUT2D eigenvalue weighted by atomic mass is 10.1. The second-order valence-electron chi connectivity index (χ2n) is 5.46. The molecule has 1 amide bonds. The maximum atomic E-state index is 12.0. The number of likely N-dealkylation sites (N-methyl/N-ethyl adjacent to an activating group) is 1. The number of anilines is 1. The van der Waals surface area contributed by atoms with Gasteiger partial charge in [0.05, 0.1) is 24.4 Å². The summed E-state index contributed by atoms with van der Waals surface area (Å²) in [5, 5.41) is 12.5. The van der Waals surface area contributed by atoms with Crippen LogP contribution in [0.5, 0.6) is 5.75 Å². The Morgan fingerprint density at radius 3 is 2.65 bits per heavy atom. The van der Waals surface area contributed by atoms with Crippen LogP contribution >= 0.6 is 0 Å². The zero-order valence-corrected chi connectivity index (χ0v) is 12.6. The minimum Gasteiger partial charge on any atom is -0.492 e. The lowest BCUT2D eigenvalue weighted by Crippen LogP contribution is -2.40. The number of ether oxygens (including phenoxy) is 1. The van der Waals surface area contributed by atoms with E-state index in [1.807, 2.05) is 25.1 Å². The first kappa shape index (κ1) is 16.5. The first-order chi connectivity index (χ1) is 9.31. The van der Waals surface area contributed by atoms with Crippen molar-refractivity contribution in [1.82, 2.24) is 4.90 Å². The highest BCUT2D eigenvalue weighted by atomic mass is 16.5. The van der Waals surface area contributed by atoms with Crippen LogP contribution in [-0.2, 0) is 4.79 Å². The number of benzene rings is 1. The van der Waals surface area contributed by atoms with Gasteiger partial charge in [0, 0.05) is 6.54 Å². The maximum Gasteiger partial charge on any atom is 0.238 e. The van der Waals surface area contributed by atoms with E-state index in [9.17, 15) is 9.90 Å². The first-order valence-corrected chi connectivity index (χ1v) is 6.74. The maximum absolute atomic E-state index is 12.0. The van der Waals surface area contributed by atoms with E-state index in [2.05, 4.69) is 5.32 Å². The van der Waals surface area contributed by atoms with Gasteiger partial charge in [-0.15, -0.1) is 0 Å². The zero-order chi connectivity index (χ0) is 15.2. The fourth-order valence-electron chi connectivity index (χ4n) is 2.00. The molecule has 0 spiro atoms. The number of rotatable bonds is 7. The van der Waals surface area contributed by atoms with Gasteiger partial charge in [0.15, 0.2) is 0 Å². The van der Waals surface area contributed by atoms with Gasteiger partial charge in [-0.3, -0.25) is 9.69 Å². The number of amides is 1. The Morgan fingerprint density at radius 1 is 1.40 bits per heavy atom. The predicted octanol–water partition coefficient (Wildman–Crippen LogP) is 1.73. The third-order valence-electron chi connectivity index (χ3n) is 2.53. The van der Waals surface area contributed by atoms with Crippen molar-refractivity contribution in [2.24, 2.45) is 0 Å². The van der Waals surface area contributed by atoms with Crippen LogP contribution in [0.2, 0.25) is 0 Å². The molecule has 0 radical (unpaired) electrons. The van der Waals surface area contributed by atoms with Crippen molar-refractivity contribution in [3.05, 3.63) is 24.3 Å². The molecule has 1 aromatic rings. The van der Waals surface area contributed by atoms with Crippen LogP contribution < -0.4 is 10.1 Å². The second-order valence-corrected chi connectivity index (χ2v) is 5.46. The minimum absolute atomic E-state index is 0.135. The van der Waals surface area contributed by atoms with Gasteiger partial charge in [-0.1, -0.05) is 12.1 Å². The summed E-state index contributed by atoms with van der Waals surface area (Å²) < 4.78 is 5.46. The molecule has 20 heavy (non-hydrogen) atoms. The van der Waals surface area contributed by atoms with Crippen LogP contribution in [0.4, 0.5) is 5.69 Å². The van der Waals surface area contributed by atoms with E-state index in [0.717, 1.165) is 0 Å². The number of nitrogens with one attached hydrogen (secondary N) is 1. The van der Waals surface area contributed by atoms with Crippen molar-refractivity contribution in [2.45, 2.75) is 26.4 Å². The molecule has 5 heteroatoms. The number of carbonyl (C=O) groups excluding carboxylic acids is 1. The Morgan fingerprint density at radius 2 is 2.05 bits per heavy atom. The van der Waals surface area contributed by atoms with Gasteiger partial charge in [-0.2, -0.15) is 0 Å². The normalized spacial score (nSPS) is 11.5. The summed E-state index contributed by atoms with van der Waals surface area (Å²) in [6, 6.07) is 7.33. The molecule has 0 aliphatic rings. The van der Waals surface area contributed by atoms with E-state index in [1.165, 1.54) is 0 Å². The standard InChI is InChI=1S/C15H24N2O3/c1-5-20-13-9-7-6-8-12(13)16-14(18)10-17(4)11-15(2,3)19/h6-9,19H,5,10-11H2,1-4H3,(H,16,18). The molecule has 0 saturated heterocycles. The third-order valence-corrected chi connectivity index (χ3v) is 2.53. The molecule has 0 atom stereocenters. The number of nitrogens with zero attached hydrogens (tertiary/aromatic N) is 1. The highest BCUT2D eigenvalue weighted by Crippen LogP contribution is 2.23. The molecule has 0 heterocycles. The Hall–Kier alpha value is -1.59. The summed E-state index contributed by atoms with van der Waals surface area (Å²) in [4.78, 5) is 13.8. The quantitative estimate of drug-likeness (QED) is 0.798. The zero-order valence-electron chi connectivity index (χ0n) is 12.6. The summed E-state index contributed by atoms with van der Waals surface area (Å²) in [6.07, 6.45) is 0. The smallest absolute Gasteiger partial charge is 0.238 e. The van der Waals surface area contributed by atoms with Gasteiger partial charge in [-0.05, 0) is 40.0 Å². The molecule has 5 nitrogen and oxygen atoms in total. The SMILES string of the molecule is CCOc1ccccc1NC(=O)CN(C)CC(C)(C)O. The van der Waals surface area contributed by atoms with Gasteiger partial charge in [0.25, 0.3) is 0 Å². The number of carbonyl (C=O) groups is 1. The van der Waals surface area contributed by atoms with Crippen LogP contribution in [0.3, 0.4) is 0 Å².